The molecular weight excluding hydrogens is 434 g/mol. The Hall–Kier alpha value is -1.17. The minimum atomic E-state index is -3.56. The van der Waals surface area contributed by atoms with Crippen LogP contribution in [0.15, 0.2) is 28.3 Å². The van der Waals surface area contributed by atoms with Crippen LogP contribution in [0, 0.1) is 0 Å². The summed E-state index contributed by atoms with van der Waals surface area (Å²) in [7, 11) is -6.61. The van der Waals surface area contributed by atoms with Gasteiger partial charge in [0.2, 0.25) is 15.9 Å². The van der Waals surface area contributed by atoms with Crippen molar-refractivity contribution in [2.75, 3.05) is 30.3 Å². The zero-order valence-electron chi connectivity index (χ0n) is 16.7. The Bertz CT molecular complexity index is 939. The number of rotatable bonds is 9. The van der Waals surface area contributed by atoms with Crippen molar-refractivity contribution >= 4 is 37.5 Å². The van der Waals surface area contributed by atoms with E-state index in [0.717, 1.165) is 12.8 Å². The summed E-state index contributed by atoms with van der Waals surface area (Å²) >= 11 is 1.24. The zero-order chi connectivity index (χ0) is 21.2. The van der Waals surface area contributed by atoms with E-state index in [-0.39, 0.29) is 40.1 Å². The van der Waals surface area contributed by atoms with Crippen molar-refractivity contribution in [3.8, 4) is 0 Å². The fourth-order valence-electron chi connectivity index (χ4n) is 3.58. The van der Waals surface area contributed by atoms with Gasteiger partial charge in [0, 0.05) is 31.4 Å². The molecule has 8 nitrogen and oxygen atoms in total. The second-order valence-corrected chi connectivity index (χ2v) is 12.5. The van der Waals surface area contributed by atoms with Gasteiger partial charge in [0.25, 0.3) is 0 Å². The Morgan fingerprint density at radius 2 is 1.86 bits per heavy atom. The molecule has 1 saturated carbocycles. The van der Waals surface area contributed by atoms with E-state index in [1.165, 1.54) is 28.3 Å². The van der Waals surface area contributed by atoms with Crippen molar-refractivity contribution in [1.29, 1.82) is 0 Å². The monoisotopic (exact) mass is 461 g/mol. The van der Waals surface area contributed by atoms with Crippen LogP contribution in [0.4, 0.5) is 0 Å². The van der Waals surface area contributed by atoms with Crippen molar-refractivity contribution in [3.63, 3.8) is 0 Å². The molecule has 2 fully saturated rings. The van der Waals surface area contributed by atoms with Crippen LogP contribution in [0.1, 0.15) is 33.1 Å². The van der Waals surface area contributed by atoms with Gasteiger partial charge in [0.05, 0.1) is 22.3 Å². The summed E-state index contributed by atoms with van der Waals surface area (Å²) in [5.74, 6) is 0.269. The van der Waals surface area contributed by atoms with Crippen LogP contribution in [0.3, 0.4) is 0 Å². The van der Waals surface area contributed by atoms with Gasteiger partial charge < -0.3 is 4.90 Å². The van der Waals surface area contributed by atoms with Crippen LogP contribution in [-0.2, 0) is 24.7 Å². The van der Waals surface area contributed by atoms with Crippen molar-refractivity contribution in [2.24, 2.45) is 0 Å². The van der Waals surface area contributed by atoms with Crippen LogP contribution >= 0.6 is 11.8 Å². The quantitative estimate of drug-likeness (QED) is 0.512. The molecule has 1 aliphatic heterocycles. The van der Waals surface area contributed by atoms with Gasteiger partial charge in [0.1, 0.15) is 4.90 Å². The third-order valence-electron chi connectivity index (χ3n) is 5.23. The molecule has 1 aliphatic carbocycles. The molecule has 0 N–H and O–H groups in total. The average Bonchev–Trinajstić information content (AvgIpc) is 3.44. The Balaban J connectivity index is 1.63. The van der Waals surface area contributed by atoms with Crippen LogP contribution in [0.25, 0.3) is 0 Å². The Morgan fingerprint density at radius 1 is 1.17 bits per heavy atom. The van der Waals surface area contributed by atoms with E-state index in [4.69, 9.17) is 0 Å². The highest BCUT2D eigenvalue weighted by molar-refractivity contribution is 7.99. The summed E-state index contributed by atoms with van der Waals surface area (Å²) in [6.45, 7) is 4.34. The lowest BCUT2D eigenvalue weighted by molar-refractivity contribution is -0.130. The number of sulfonamides is 1. The molecule has 0 aromatic carbocycles. The number of thioether (sulfide) groups is 1. The summed E-state index contributed by atoms with van der Waals surface area (Å²) < 4.78 is 50.0. The Morgan fingerprint density at radius 3 is 2.34 bits per heavy atom. The number of carbonyl (C=O) groups is 1. The van der Waals surface area contributed by atoms with Gasteiger partial charge in [0.15, 0.2) is 9.84 Å². The van der Waals surface area contributed by atoms with E-state index >= 15 is 0 Å². The van der Waals surface area contributed by atoms with Crippen LogP contribution < -0.4 is 0 Å². The molecule has 2 heterocycles. The highest BCUT2D eigenvalue weighted by Gasteiger charge is 2.41. The number of sulfone groups is 1. The first kappa shape index (κ1) is 22.5. The van der Waals surface area contributed by atoms with Crippen molar-refractivity contribution in [2.45, 2.75) is 55.1 Å². The molecule has 2 aliphatic rings. The van der Waals surface area contributed by atoms with Crippen LogP contribution in [0.5, 0.6) is 0 Å². The predicted octanol–water partition coefficient (Wildman–Crippen LogP) is 1.38. The molecule has 1 amide bonds. The Kier molecular flexibility index (Phi) is 6.91. The molecule has 1 aromatic heterocycles. The van der Waals surface area contributed by atoms with Gasteiger partial charge in [-0.1, -0.05) is 25.6 Å². The number of aromatic nitrogens is 1. The first-order chi connectivity index (χ1) is 13.7. The number of hydrogen-bond acceptors (Lipinski definition) is 7. The molecule has 0 radical (unpaired) electrons. The van der Waals surface area contributed by atoms with E-state index in [2.05, 4.69) is 4.98 Å². The average molecular weight is 462 g/mol. The molecule has 0 bridgehead atoms. The van der Waals surface area contributed by atoms with Gasteiger partial charge in [-0.15, -0.1) is 0 Å². The molecule has 162 valence electrons. The maximum Gasteiger partial charge on any atom is 0.244 e. The lowest BCUT2D eigenvalue weighted by atomic mass is 10.2. The first-order valence-electron chi connectivity index (χ1n) is 9.78. The summed E-state index contributed by atoms with van der Waals surface area (Å²) in [5.41, 5.74) is 0. The third kappa shape index (κ3) is 5.31. The first-order valence-corrected chi connectivity index (χ1v) is 14.0. The highest BCUT2D eigenvalue weighted by Crippen LogP contribution is 2.33. The molecule has 3 rings (SSSR count). The van der Waals surface area contributed by atoms with Crippen molar-refractivity contribution in [1.82, 2.24) is 14.2 Å². The van der Waals surface area contributed by atoms with Gasteiger partial charge in [-0.05, 0) is 31.4 Å². The van der Waals surface area contributed by atoms with Crippen molar-refractivity contribution < 1.29 is 21.6 Å². The van der Waals surface area contributed by atoms with Crippen LogP contribution in [0.2, 0.25) is 0 Å². The normalized spacial score (nSPS) is 21.4. The second-order valence-electron chi connectivity index (χ2n) is 7.30. The molecule has 1 aromatic rings. The lowest BCUT2D eigenvalue weighted by Gasteiger charge is -2.28. The van der Waals surface area contributed by atoms with E-state index in [1.807, 2.05) is 0 Å². The maximum atomic E-state index is 12.8. The number of pyridine rings is 1. The summed E-state index contributed by atoms with van der Waals surface area (Å²) in [6, 6.07) is 3.04. The lowest BCUT2D eigenvalue weighted by Crippen LogP contribution is -2.43. The molecule has 0 spiro atoms. The molecule has 1 unspecified atom stereocenters. The fraction of sp³-hybridized carbons (Fsp3) is 0.667. The smallest absolute Gasteiger partial charge is 0.244 e. The number of hydrogen-bond donors (Lipinski definition) is 0. The number of amides is 1. The fourth-order valence-corrected chi connectivity index (χ4v) is 7.41. The Labute approximate surface area is 177 Å². The molecule has 11 heteroatoms. The highest BCUT2D eigenvalue weighted by atomic mass is 32.2. The summed E-state index contributed by atoms with van der Waals surface area (Å²) in [4.78, 5) is 18.9. The number of carbonyl (C=O) groups excluding carboxylic acids is 1. The van der Waals surface area contributed by atoms with Crippen LogP contribution in [-0.4, -0.2) is 79.4 Å². The van der Waals surface area contributed by atoms with Gasteiger partial charge in [-0.3, -0.25) is 4.79 Å². The SMILES string of the molecule is CCN(CC)S(=O)(=O)c1ccc(SCC(=O)N(C2CC2)C2CCS(=O)(=O)C2)nc1. The minimum Gasteiger partial charge on any atom is -0.335 e. The second kappa shape index (κ2) is 8.91. The van der Waals surface area contributed by atoms with E-state index in [9.17, 15) is 21.6 Å². The molecular formula is C18H27N3O5S3. The van der Waals surface area contributed by atoms with E-state index in [1.54, 1.807) is 24.8 Å². The maximum absolute atomic E-state index is 12.8. The minimum absolute atomic E-state index is 0.0517. The van der Waals surface area contributed by atoms with Gasteiger partial charge in [-0.25, -0.2) is 21.8 Å². The van der Waals surface area contributed by atoms with Crippen molar-refractivity contribution in [3.05, 3.63) is 18.3 Å². The third-order valence-corrected chi connectivity index (χ3v) is 9.94. The summed E-state index contributed by atoms with van der Waals surface area (Å²) in [6.07, 6.45) is 3.67. The topological polar surface area (TPSA) is 105 Å². The summed E-state index contributed by atoms with van der Waals surface area (Å²) in [5, 5.41) is 0.562. The standard InChI is InChI=1S/C18H27N3O5S3/c1-3-20(4-2)29(25,26)16-7-8-17(19-11-16)27-12-18(22)21(14-5-6-14)15-9-10-28(23,24)13-15/h7-8,11,14-15H,3-6,9-10,12-13H2,1-2H3. The van der Waals surface area contributed by atoms with Gasteiger partial charge in [-0.2, -0.15) is 4.31 Å². The van der Waals surface area contributed by atoms with E-state index in [0.29, 0.717) is 24.5 Å². The van der Waals surface area contributed by atoms with Gasteiger partial charge >= 0.3 is 0 Å². The number of nitrogens with zero attached hydrogens (tertiary/aromatic N) is 3. The van der Waals surface area contributed by atoms with E-state index < -0.39 is 19.9 Å². The predicted molar refractivity (Wildman–Crippen MR) is 112 cm³/mol. The molecule has 1 saturated heterocycles. The molecule has 29 heavy (non-hydrogen) atoms. The molecule has 1 atom stereocenters. The largest absolute Gasteiger partial charge is 0.335 e. The zero-order valence-corrected chi connectivity index (χ0v) is 19.1.